The third kappa shape index (κ3) is 3.94. The number of H-pyrrole nitrogens is 1. The first-order chi connectivity index (χ1) is 11.6. The Morgan fingerprint density at radius 2 is 2.16 bits per heavy atom. The van der Waals surface area contributed by atoms with Crippen molar-refractivity contribution in [2.45, 2.75) is 51.7 Å². The largest absolute Gasteiger partial charge is 0.389 e. The summed E-state index contributed by atoms with van der Waals surface area (Å²) in [6.45, 7) is 3.29. The maximum absolute atomic E-state index is 12.5. The third-order valence-electron chi connectivity index (χ3n) is 4.79. The van der Waals surface area contributed by atoms with Crippen molar-refractivity contribution in [3.63, 3.8) is 0 Å². The van der Waals surface area contributed by atoms with Gasteiger partial charge in [0.1, 0.15) is 0 Å². The summed E-state index contributed by atoms with van der Waals surface area (Å²) in [5, 5.41) is 4.46. The lowest BCUT2D eigenvalue weighted by molar-refractivity contribution is -0.153. The van der Waals surface area contributed by atoms with Gasteiger partial charge in [0, 0.05) is 33.6 Å². The van der Waals surface area contributed by atoms with Crippen LogP contribution in [-0.2, 0) is 17.6 Å². The van der Waals surface area contributed by atoms with E-state index in [0.29, 0.717) is 17.9 Å². The number of amides is 1. The van der Waals surface area contributed by atoms with E-state index in [4.69, 9.17) is 11.6 Å². The van der Waals surface area contributed by atoms with Crippen LogP contribution in [0.2, 0.25) is 5.02 Å². The van der Waals surface area contributed by atoms with Gasteiger partial charge >= 0.3 is 6.18 Å². The first kappa shape index (κ1) is 18.1. The van der Waals surface area contributed by atoms with Crippen LogP contribution in [0.3, 0.4) is 0 Å². The van der Waals surface area contributed by atoms with Crippen LogP contribution in [0, 0.1) is 12.8 Å². The highest BCUT2D eigenvalue weighted by molar-refractivity contribution is 6.31. The number of aryl methyl sites for hydroxylation is 2. The minimum absolute atomic E-state index is 0.158. The highest BCUT2D eigenvalue weighted by atomic mass is 35.5. The molecular weight excluding hydrogens is 353 g/mol. The fraction of sp³-hybridized carbons (Fsp3) is 0.500. The molecule has 3 rings (SSSR count). The summed E-state index contributed by atoms with van der Waals surface area (Å²) in [4.78, 5) is 15.5. The fourth-order valence-electron chi connectivity index (χ4n) is 3.56. The summed E-state index contributed by atoms with van der Waals surface area (Å²) in [7, 11) is 0. The smallest absolute Gasteiger partial charge is 0.358 e. The van der Waals surface area contributed by atoms with Gasteiger partial charge in [-0.2, -0.15) is 13.2 Å². The average molecular weight is 373 g/mol. The van der Waals surface area contributed by atoms with Crippen molar-refractivity contribution in [1.29, 1.82) is 0 Å². The molecule has 2 aromatic rings. The molecule has 1 aromatic heterocycles. The van der Waals surface area contributed by atoms with Gasteiger partial charge in [0.15, 0.2) is 0 Å². The summed E-state index contributed by atoms with van der Waals surface area (Å²) in [6, 6.07) is 3.63. The van der Waals surface area contributed by atoms with Crippen LogP contribution in [0.15, 0.2) is 12.1 Å². The van der Waals surface area contributed by atoms with Crippen molar-refractivity contribution in [3.8, 4) is 0 Å². The molecule has 0 aliphatic heterocycles. The lowest BCUT2D eigenvalue weighted by atomic mass is 9.90. The molecule has 2 atom stereocenters. The first-order valence-corrected chi connectivity index (χ1v) is 8.68. The molecule has 1 aromatic carbocycles. The Morgan fingerprint density at radius 3 is 2.84 bits per heavy atom. The highest BCUT2D eigenvalue weighted by Gasteiger charge is 2.34. The minimum atomic E-state index is -4.33. The quantitative estimate of drug-likeness (QED) is 0.806. The summed E-state index contributed by atoms with van der Waals surface area (Å²) in [6.07, 6.45) is -3.38. The zero-order valence-electron chi connectivity index (χ0n) is 14.1. The van der Waals surface area contributed by atoms with Gasteiger partial charge in [-0.3, -0.25) is 4.79 Å². The second kappa shape index (κ2) is 6.56. The lowest BCUT2D eigenvalue weighted by Crippen LogP contribution is -2.42. The van der Waals surface area contributed by atoms with Gasteiger partial charge < -0.3 is 10.3 Å². The van der Waals surface area contributed by atoms with Crippen molar-refractivity contribution >= 4 is 28.4 Å². The number of halogens is 4. The number of benzene rings is 1. The number of aromatic nitrogens is 1. The van der Waals surface area contributed by atoms with Crippen LogP contribution >= 0.6 is 11.6 Å². The molecule has 1 heterocycles. The maximum atomic E-state index is 12.5. The number of hydrogen-bond donors (Lipinski definition) is 2. The standard InChI is InChI=1S/C18H20ClF3N2O/c1-9-5-11(19)6-14-13-7-12(3-4-15(13)24-16(9)14)23-17(25)10(2)8-18(20,21)22/h5-6,10,12,24H,3-4,7-8H2,1-2H3,(H,23,25). The zero-order chi connectivity index (χ0) is 18.4. The number of alkyl halides is 3. The van der Waals surface area contributed by atoms with Crippen molar-refractivity contribution in [3.05, 3.63) is 34.0 Å². The Labute approximate surface area is 148 Å². The Kier molecular flexibility index (Phi) is 4.75. The molecule has 1 aliphatic carbocycles. The molecule has 3 nitrogen and oxygen atoms in total. The molecular formula is C18H20ClF3N2O. The normalized spacial score (nSPS) is 18.9. The minimum Gasteiger partial charge on any atom is -0.358 e. The van der Waals surface area contributed by atoms with Gasteiger partial charge in [0.2, 0.25) is 5.91 Å². The summed E-state index contributed by atoms with van der Waals surface area (Å²) >= 11 is 6.16. The van der Waals surface area contributed by atoms with Crippen LogP contribution in [0.1, 0.15) is 36.6 Å². The predicted octanol–water partition coefficient (Wildman–Crippen LogP) is 4.69. The molecule has 0 bridgehead atoms. The molecule has 0 radical (unpaired) electrons. The number of rotatable bonds is 3. The van der Waals surface area contributed by atoms with Crippen molar-refractivity contribution < 1.29 is 18.0 Å². The average Bonchev–Trinajstić information content (AvgIpc) is 2.84. The summed E-state index contributed by atoms with van der Waals surface area (Å²) in [5.74, 6) is -1.62. The molecule has 1 aliphatic rings. The number of fused-ring (bicyclic) bond motifs is 3. The maximum Gasteiger partial charge on any atom is 0.389 e. The van der Waals surface area contributed by atoms with Gasteiger partial charge in [-0.15, -0.1) is 0 Å². The summed E-state index contributed by atoms with van der Waals surface area (Å²) in [5.41, 5.74) is 4.30. The van der Waals surface area contributed by atoms with Crippen molar-refractivity contribution in [2.75, 3.05) is 0 Å². The summed E-state index contributed by atoms with van der Waals surface area (Å²) < 4.78 is 37.4. The molecule has 2 N–H and O–H groups in total. The molecule has 25 heavy (non-hydrogen) atoms. The fourth-order valence-corrected chi connectivity index (χ4v) is 3.83. The Hall–Kier alpha value is -1.69. The van der Waals surface area contributed by atoms with Gasteiger partial charge in [-0.25, -0.2) is 0 Å². The molecule has 0 spiro atoms. The van der Waals surface area contributed by atoms with E-state index < -0.39 is 24.4 Å². The van der Waals surface area contributed by atoms with E-state index in [2.05, 4.69) is 10.3 Å². The lowest BCUT2D eigenvalue weighted by Gasteiger charge is -2.25. The number of nitrogens with one attached hydrogen (secondary N) is 2. The van der Waals surface area contributed by atoms with E-state index in [0.717, 1.165) is 34.1 Å². The van der Waals surface area contributed by atoms with Gasteiger partial charge in [-0.05, 0) is 49.4 Å². The molecule has 0 saturated carbocycles. The van der Waals surface area contributed by atoms with Crippen LogP contribution < -0.4 is 5.32 Å². The van der Waals surface area contributed by atoms with Gasteiger partial charge in [0.05, 0.1) is 6.42 Å². The number of hydrogen-bond acceptors (Lipinski definition) is 1. The number of aromatic amines is 1. The van der Waals surface area contributed by atoms with Crippen molar-refractivity contribution in [1.82, 2.24) is 10.3 Å². The predicted molar refractivity (Wildman–Crippen MR) is 91.8 cm³/mol. The monoisotopic (exact) mass is 372 g/mol. The number of carbonyl (C=O) groups excluding carboxylic acids is 1. The van der Waals surface area contributed by atoms with E-state index in [1.54, 1.807) is 0 Å². The SMILES string of the molecule is Cc1cc(Cl)cc2c3c([nH]c12)CCC(NC(=O)C(C)CC(F)(F)F)C3. The highest BCUT2D eigenvalue weighted by Crippen LogP contribution is 2.33. The second-order valence-corrected chi connectivity index (χ2v) is 7.33. The number of carbonyl (C=O) groups is 1. The Morgan fingerprint density at radius 1 is 1.44 bits per heavy atom. The molecule has 0 fully saturated rings. The Balaban J connectivity index is 1.76. The van der Waals surface area contributed by atoms with Gasteiger partial charge in [-0.1, -0.05) is 18.5 Å². The van der Waals surface area contributed by atoms with Crippen LogP contribution in [0.4, 0.5) is 13.2 Å². The first-order valence-electron chi connectivity index (χ1n) is 8.30. The van der Waals surface area contributed by atoms with Crippen LogP contribution in [0.25, 0.3) is 10.9 Å². The third-order valence-corrected chi connectivity index (χ3v) is 5.01. The molecule has 7 heteroatoms. The zero-order valence-corrected chi connectivity index (χ0v) is 14.8. The van der Waals surface area contributed by atoms with Crippen LogP contribution in [0.5, 0.6) is 0 Å². The Bertz CT molecular complexity index is 813. The second-order valence-electron chi connectivity index (χ2n) is 6.90. The van der Waals surface area contributed by atoms with E-state index in [-0.39, 0.29) is 6.04 Å². The van der Waals surface area contributed by atoms with E-state index in [1.165, 1.54) is 6.92 Å². The van der Waals surface area contributed by atoms with Crippen LogP contribution in [-0.4, -0.2) is 23.1 Å². The van der Waals surface area contributed by atoms with E-state index in [1.807, 2.05) is 19.1 Å². The van der Waals surface area contributed by atoms with Gasteiger partial charge in [0.25, 0.3) is 0 Å². The topological polar surface area (TPSA) is 44.9 Å². The van der Waals surface area contributed by atoms with E-state index in [9.17, 15) is 18.0 Å². The van der Waals surface area contributed by atoms with E-state index >= 15 is 0 Å². The molecule has 0 saturated heterocycles. The van der Waals surface area contributed by atoms with Crippen molar-refractivity contribution in [2.24, 2.45) is 5.92 Å². The molecule has 136 valence electrons. The molecule has 2 unspecified atom stereocenters. The molecule has 1 amide bonds.